The fourth-order valence-corrected chi connectivity index (χ4v) is 10.9. The number of nitrogens with zero attached hydrogens (tertiary/aromatic N) is 4. The number of rotatable bonds is 30. The summed E-state index contributed by atoms with van der Waals surface area (Å²) in [7, 11) is 0. The molecular formula is C60H90N4O. The second-order valence-electron chi connectivity index (χ2n) is 20.7. The molecule has 2 aromatic heterocycles. The van der Waals surface area contributed by atoms with Crippen molar-refractivity contribution in [3.63, 3.8) is 0 Å². The van der Waals surface area contributed by atoms with Gasteiger partial charge in [0.05, 0.1) is 0 Å². The lowest BCUT2D eigenvalue weighted by Crippen LogP contribution is -2.18. The summed E-state index contributed by atoms with van der Waals surface area (Å²) in [5.74, 6) is 6.54. The van der Waals surface area contributed by atoms with Crippen LogP contribution in [-0.4, -0.2) is 19.9 Å². The van der Waals surface area contributed by atoms with E-state index in [0.29, 0.717) is 23.7 Å². The van der Waals surface area contributed by atoms with Crippen LogP contribution in [0.15, 0.2) is 61.2 Å². The van der Waals surface area contributed by atoms with E-state index in [9.17, 15) is 0 Å². The van der Waals surface area contributed by atoms with E-state index in [-0.39, 0.29) is 0 Å². The predicted molar refractivity (Wildman–Crippen MR) is 274 cm³/mol. The van der Waals surface area contributed by atoms with Gasteiger partial charge in [-0.1, -0.05) is 142 Å². The Balaban J connectivity index is 1.12. The minimum atomic E-state index is 0.478. The average molecular weight is 883 g/mol. The summed E-state index contributed by atoms with van der Waals surface area (Å²) < 4.78 is 7.20. The molecule has 6 rings (SSSR count). The van der Waals surface area contributed by atoms with Crippen molar-refractivity contribution in [3.8, 4) is 11.5 Å². The van der Waals surface area contributed by atoms with E-state index in [4.69, 9.17) is 24.7 Å². The van der Waals surface area contributed by atoms with Crippen LogP contribution < -0.4 is 4.74 Å². The minimum absolute atomic E-state index is 0.478. The Morgan fingerprint density at radius 3 is 1.06 bits per heavy atom. The number of unbranched alkanes of at least 4 members (excludes halogenated alkanes) is 14. The Morgan fingerprint density at radius 1 is 0.385 bits per heavy atom. The highest BCUT2D eigenvalue weighted by atomic mass is 16.5. The largest absolute Gasteiger partial charge is 0.457 e. The van der Waals surface area contributed by atoms with Crippen molar-refractivity contribution in [3.05, 3.63) is 106 Å². The average Bonchev–Trinajstić information content (AvgIpc) is 3.34. The molecule has 0 spiro atoms. The van der Waals surface area contributed by atoms with Crippen LogP contribution in [0.4, 0.5) is 0 Å². The maximum atomic E-state index is 7.20. The van der Waals surface area contributed by atoms with Crippen molar-refractivity contribution < 1.29 is 4.74 Å². The van der Waals surface area contributed by atoms with Gasteiger partial charge in [0.25, 0.3) is 0 Å². The minimum Gasteiger partial charge on any atom is -0.457 e. The third-order valence-corrected chi connectivity index (χ3v) is 15.1. The molecule has 0 saturated heterocycles. The lowest BCUT2D eigenvalue weighted by atomic mass is 9.78. The van der Waals surface area contributed by atoms with Crippen LogP contribution in [-0.2, 0) is 38.5 Å². The van der Waals surface area contributed by atoms with Crippen LogP contribution in [0, 0.1) is 11.8 Å². The fourth-order valence-electron chi connectivity index (χ4n) is 10.9. The zero-order valence-electron chi connectivity index (χ0n) is 41.9. The Hall–Kier alpha value is -3.60. The van der Waals surface area contributed by atoms with E-state index in [1.807, 2.05) is 0 Å². The van der Waals surface area contributed by atoms with E-state index in [2.05, 4.69) is 88.9 Å². The lowest BCUT2D eigenvalue weighted by molar-refractivity contribution is 0.312. The molecule has 0 atom stereocenters. The number of ether oxygens (including phenoxy) is 1. The molecule has 0 bridgehead atoms. The van der Waals surface area contributed by atoms with Crippen molar-refractivity contribution >= 4 is 0 Å². The topological polar surface area (TPSA) is 60.8 Å². The summed E-state index contributed by atoms with van der Waals surface area (Å²) in [6.07, 6.45) is 48.2. The van der Waals surface area contributed by atoms with Gasteiger partial charge in [0.1, 0.15) is 23.1 Å². The van der Waals surface area contributed by atoms with Gasteiger partial charge in [-0.3, -0.25) is 0 Å². The van der Waals surface area contributed by atoms with E-state index in [1.54, 1.807) is 0 Å². The summed E-state index contributed by atoms with van der Waals surface area (Å²) in [6.45, 7) is 9.17. The molecule has 65 heavy (non-hydrogen) atoms. The van der Waals surface area contributed by atoms with Crippen molar-refractivity contribution in [1.29, 1.82) is 0 Å². The normalized spacial score (nSPS) is 18.8. The first-order valence-electron chi connectivity index (χ1n) is 27.6. The highest BCUT2D eigenvalue weighted by molar-refractivity contribution is 5.45. The molecule has 356 valence electrons. The van der Waals surface area contributed by atoms with Gasteiger partial charge in [0.2, 0.25) is 0 Å². The number of aromatic nitrogens is 4. The number of hydrogen-bond acceptors (Lipinski definition) is 5. The zero-order valence-corrected chi connectivity index (χ0v) is 41.9. The van der Waals surface area contributed by atoms with Crippen LogP contribution in [0.25, 0.3) is 0 Å². The van der Waals surface area contributed by atoms with Crippen LogP contribution in [0.1, 0.15) is 252 Å². The first-order chi connectivity index (χ1) is 32.0. The predicted octanol–water partition coefficient (Wildman–Crippen LogP) is 17.4. The van der Waals surface area contributed by atoms with Crippen molar-refractivity contribution in [2.24, 2.45) is 11.8 Å². The molecule has 0 N–H and O–H groups in total. The number of benzene rings is 2. The molecule has 5 nitrogen and oxygen atoms in total. The summed E-state index contributed by atoms with van der Waals surface area (Å²) in [4.78, 5) is 19.6. The van der Waals surface area contributed by atoms with Crippen LogP contribution >= 0.6 is 0 Å². The highest BCUT2D eigenvalue weighted by Gasteiger charge is 2.27. The number of hydrogen-bond donors (Lipinski definition) is 0. The molecule has 2 aromatic carbocycles. The van der Waals surface area contributed by atoms with E-state index in [0.717, 1.165) is 61.7 Å². The zero-order chi connectivity index (χ0) is 45.3. The molecule has 2 aliphatic rings. The summed E-state index contributed by atoms with van der Waals surface area (Å²) >= 11 is 0. The molecule has 2 fully saturated rings. The Bertz CT molecular complexity index is 1740. The van der Waals surface area contributed by atoms with Crippen molar-refractivity contribution in [1.82, 2.24) is 19.9 Å². The van der Waals surface area contributed by atoms with Crippen LogP contribution in [0.2, 0.25) is 0 Å². The van der Waals surface area contributed by atoms with Gasteiger partial charge in [-0.05, 0) is 173 Å². The maximum absolute atomic E-state index is 7.20. The van der Waals surface area contributed by atoms with Gasteiger partial charge in [-0.25, -0.2) is 19.9 Å². The van der Waals surface area contributed by atoms with E-state index < -0.39 is 0 Å². The van der Waals surface area contributed by atoms with E-state index >= 15 is 0 Å². The lowest BCUT2D eigenvalue weighted by Gasteiger charge is -2.29. The quantitative estimate of drug-likeness (QED) is 0.0488. The van der Waals surface area contributed by atoms with Crippen LogP contribution in [0.5, 0.6) is 11.5 Å². The number of aryl methyl sites for hydroxylation is 4. The smallest absolute Gasteiger partial charge is 0.131 e. The molecule has 0 aliphatic heterocycles. The fraction of sp³-hybridized carbons (Fsp3) is 0.667. The van der Waals surface area contributed by atoms with Gasteiger partial charge in [0.15, 0.2) is 0 Å². The van der Waals surface area contributed by atoms with Crippen molar-refractivity contribution in [2.45, 2.75) is 245 Å². The maximum Gasteiger partial charge on any atom is 0.131 e. The van der Waals surface area contributed by atoms with Gasteiger partial charge in [-0.2, -0.15) is 0 Å². The monoisotopic (exact) mass is 883 g/mol. The molecule has 2 saturated carbocycles. The SMILES string of the molecule is CCCCCCCc1ccc(Oc2ccc(CCCCCCC)cc2C[C@H]2CC[C@H](c3ncc(CCCCCC)cn3)CC2)c(C[C@H]2CC[C@H](c3ncc(CCCCCC)cn3)CC2)c1. The third-order valence-electron chi connectivity index (χ3n) is 15.1. The van der Waals surface area contributed by atoms with Crippen LogP contribution in [0.3, 0.4) is 0 Å². The Labute approximate surface area is 397 Å². The molecule has 4 aromatic rings. The first kappa shape index (κ1) is 50.8. The third kappa shape index (κ3) is 17.5. The van der Waals surface area contributed by atoms with Gasteiger partial charge < -0.3 is 4.74 Å². The summed E-state index contributed by atoms with van der Waals surface area (Å²) in [5.41, 5.74) is 8.35. The highest BCUT2D eigenvalue weighted by Crippen LogP contribution is 2.41. The Morgan fingerprint density at radius 2 is 0.708 bits per heavy atom. The van der Waals surface area contributed by atoms with Crippen molar-refractivity contribution in [2.75, 3.05) is 0 Å². The van der Waals surface area contributed by atoms with Gasteiger partial charge in [0, 0.05) is 36.6 Å². The second-order valence-corrected chi connectivity index (χ2v) is 20.7. The summed E-state index contributed by atoms with van der Waals surface area (Å²) in [5, 5.41) is 0. The molecule has 5 heteroatoms. The standard InChI is InChI=1S/C60H90N4O/c1-5-9-13-17-21-23-47-31-37-57(55(39-47)41-49-27-33-53(34-28-49)59-61-43-51(44-62-59)25-19-15-11-7-3)65-58-38-32-48(24-22-18-14-10-6-2)40-56(58)42-50-29-35-54(36-30-50)60-63-45-52(46-64-60)26-20-16-12-8-4/h31-32,37-40,43-46,49-50,53-54H,5-30,33-36,41-42H2,1-4H3/t49-,50-,53-,54-. The van der Waals surface area contributed by atoms with E-state index in [1.165, 1.54) is 200 Å². The van der Waals surface area contributed by atoms with Gasteiger partial charge in [-0.15, -0.1) is 0 Å². The first-order valence-corrected chi connectivity index (χ1v) is 27.6. The Kier molecular flexibility index (Phi) is 22.8. The molecular weight excluding hydrogens is 793 g/mol. The second kappa shape index (κ2) is 29.2. The molecule has 0 radical (unpaired) electrons. The molecule has 2 aliphatic carbocycles. The summed E-state index contributed by atoms with van der Waals surface area (Å²) in [6, 6.07) is 14.4. The van der Waals surface area contributed by atoms with Gasteiger partial charge >= 0.3 is 0 Å². The molecule has 0 amide bonds. The molecule has 0 unspecified atom stereocenters. The molecule has 2 heterocycles.